The van der Waals surface area contributed by atoms with Gasteiger partial charge in [-0.05, 0) is 79.7 Å². The van der Waals surface area contributed by atoms with Crippen LogP contribution in [0, 0.1) is 6.92 Å². The molecule has 0 aliphatic heterocycles. The highest BCUT2D eigenvalue weighted by Crippen LogP contribution is 2.49. The molecule has 4 aromatic carbocycles. The first-order valence-electron chi connectivity index (χ1n) is 14.9. The van der Waals surface area contributed by atoms with Crippen LogP contribution in [0.1, 0.15) is 16.7 Å². The van der Waals surface area contributed by atoms with Gasteiger partial charge in [-0.2, -0.15) is 0 Å². The first kappa shape index (κ1) is 34.5. The molecule has 49 heavy (non-hydrogen) atoms. The van der Waals surface area contributed by atoms with Crippen LogP contribution < -0.4 is 20.1 Å². The number of carbonyl (C=O) groups excluding carboxylic acids is 2. The Morgan fingerprint density at radius 2 is 1.10 bits per heavy atom. The van der Waals surface area contributed by atoms with Gasteiger partial charge in [-0.1, -0.05) is 95.8 Å². The monoisotopic (exact) mass is 860 g/mol. The predicted octanol–water partition coefficient (Wildman–Crippen LogP) is 9.66. The molecule has 2 atom stereocenters. The summed E-state index contributed by atoms with van der Waals surface area (Å²) < 4.78 is 16.3. The van der Waals surface area contributed by atoms with Gasteiger partial charge in [0.25, 0.3) is 23.0 Å². The Morgan fingerprint density at radius 1 is 0.612 bits per heavy atom. The Labute approximate surface area is 312 Å². The molecule has 8 nitrogen and oxygen atoms in total. The van der Waals surface area contributed by atoms with Crippen molar-refractivity contribution >= 4 is 81.9 Å². The molecule has 0 radical (unpaired) electrons. The fraction of sp³-hybridized carbons (Fsp3) is 0.0811. The molecule has 0 saturated heterocycles. The number of rotatable bonds is 11. The van der Waals surface area contributed by atoms with E-state index in [0.29, 0.717) is 27.8 Å². The summed E-state index contributed by atoms with van der Waals surface area (Å²) in [6.45, 7) is 1.95. The summed E-state index contributed by atoms with van der Waals surface area (Å²) in [5.74, 6) is -0.579. The highest BCUT2D eigenvalue weighted by atomic mass is 79.9. The Hall–Kier alpha value is -4.36. The maximum absolute atomic E-state index is 15.5. The molecule has 0 spiro atoms. The van der Waals surface area contributed by atoms with E-state index in [1.807, 2.05) is 19.1 Å². The molecule has 2 unspecified atom stereocenters. The van der Waals surface area contributed by atoms with Gasteiger partial charge in [-0.25, -0.2) is 9.97 Å². The number of benzene rings is 4. The molecule has 0 aliphatic rings. The number of anilines is 2. The van der Waals surface area contributed by atoms with Gasteiger partial charge < -0.3 is 14.8 Å². The van der Waals surface area contributed by atoms with Crippen LogP contribution in [0.15, 0.2) is 146 Å². The average molecular weight is 863 g/mol. The Morgan fingerprint density at radius 3 is 1.57 bits per heavy atom. The summed E-state index contributed by atoms with van der Waals surface area (Å²) >= 11 is 11.8. The number of nitrogens with one attached hydrogen (secondary N) is 2. The molecule has 2 heterocycles. The minimum atomic E-state index is -2.28. The summed E-state index contributed by atoms with van der Waals surface area (Å²) in [6, 6.07) is 33.4. The molecule has 0 aliphatic carbocycles. The summed E-state index contributed by atoms with van der Waals surface area (Å²) in [6.07, 6.45) is 3.14. The third kappa shape index (κ3) is 7.32. The third-order valence-corrected chi connectivity index (χ3v) is 9.85. The number of hydrogen-bond donors (Lipinski definition) is 2. The van der Waals surface area contributed by atoms with E-state index in [2.05, 4.69) is 68.4 Å². The van der Waals surface area contributed by atoms with Gasteiger partial charge in [0.1, 0.15) is 17.3 Å². The SMILES string of the molecule is Cc1ccc(OC(C(=O)Nc2ccccn2)(c2ccc(Br)cc2)C(Oc2ccc(Br)cc2)(C(=O)Nc2nccs2)c2ccc(Br)cc2)cc1. The van der Waals surface area contributed by atoms with Crippen molar-refractivity contribution in [1.29, 1.82) is 0 Å². The lowest BCUT2D eigenvalue weighted by Gasteiger charge is -2.47. The summed E-state index contributed by atoms with van der Waals surface area (Å²) in [7, 11) is 0. The number of carbonyl (C=O) groups is 2. The van der Waals surface area contributed by atoms with Crippen LogP contribution in [0.4, 0.5) is 10.9 Å². The minimum Gasteiger partial charge on any atom is -0.467 e. The smallest absolute Gasteiger partial charge is 0.280 e. The van der Waals surface area contributed by atoms with Gasteiger partial charge >= 0.3 is 0 Å². The number of nitrogens with zero attached hydrogens (tertiary/aromatic N) is 2. The number of halogens is 3. The van der Waals surface area contributed by atoms with E-state index in [9.17, 15) is 0 Å². The van der Waals surface area contributed by atoms with Gasteiger partial charge in [0.2, 0.25) is 0 Å². The quantitative estimate of drug-likeness (QED) is 0.135. The van der Waals surface area contributed by atoms with E-state index in [4.69, 9.17) is 9.47 Å². The molecule has 12 heteroatoms. The molecule has 6 aromatic rings. The van der Waals surface area contributed by atoms with Crippen LogP contribution >= 0.6 is 59.1 Å². The van der Waals surface area contributed by atoms with Gasteiger partial charge in [0.05, 0.1) is 0 Å². The minimum absolute atomic E-state index is 0.246. The molecular formula is C37H27Br3N4O4S. The van der Waals surface area contributed by atoms with Crippen molar-refractivity contribution in [2.45, 2.75) is 18.1 Å². The molecule has 2 aromatic heterocycles. The van der Waals surface area contributed by atoms with Crippen molar-refractivity contribution < 1.29 is 19.1 Å². The maximum atomic E-state index is 15.5. The van der Waals surface area contributed by atoms with Crippen LogP contribution in [0.25, 0.3) is 0 Å². The molecule has 0 saturated carbocycles. The summed E-state index contributed by atoms with van der Waals surface area (Å²) in [4.78, 5) is 39.6. The van der Waals surface area contributed by atoms with E-state index < -0.39 is 23.0 Å². The zero-order valence-corrected chi connectivity index (χ0v) is 31.3. The standard InChI is InChI=1S/C37H27Br3N4O4S/c1-24-5-17-30(18-6-24)47-36(25-7-11-27(38)12-8-25,33(45)43-32-4-2-3-21-41-32)37(26-9-13-28(39)14-10-26,34(46)44-35-42-22-23-49-35)48-31-19-15-29(40)16-20-31/h2-23H,1H3,(H,41,43,45)(H,42,44,46). The Bertz CT molecular complexity index is 2030. The molecule has 2 amide bonds. The molecular weight excluding hydrogens is 836 g/mol. The molecule has 6 rings (SSSR count). The fourth-order valence-electron chi connectivity index (χ4n) is 5.29. The molecule has 2 N–H and O–H groups in total. The van der Waals surface area contributed by atoms with Crippen LogP contribution in [0.5, 0.6) is 11.5 Å². The summed E-state index contributed by atoms with van der Waals surface area (Å²) in [5.41, 5.74) is -2.93. The summed E-state index contributed by atoms with van der Waals surface area (Å²) in [5, 5.41) is 7.93. The second-order valence-corrected chi connectivity index (χ2v) is 14.4. The largest absolute Gasteiger partial charge is 0.467 e. The van der Waals surface area contributed by atoms with E-state index >= 15 is 9.59 Å². The number of amides is 2. The topological polar surface area (TPSA) is 102 Å². The number of hydrogen-bond acceptors (Lipinski definition) is 7. The first-order chi connectivity index (χ1) is 23.7. The van der Waals surface area contributed by atoms with Crippen LogP contribution in [-0.4, -0.2) is 21.8 Å². The number of aryl methyl sites for hydroxylation is 1. The highest BCUT2D eigenvalue weighted by molar-refractivity contribution is 9.11. The number of ether oxygens (including phenoxy) is 2. The zero-order chi connectivity index (χ0) is 34.4. The lowest BCUT2D eigenvalue weighted by Crippen LogP contribution is -2.67. The normalized spacial score (nSPS) is 13.4. The third-order valence-electron chi connectivity index (χ3n) is 7.57. The van der Waals surface area contributed by atoms with Crippen LogP contribution in [0.2, 0.25) is 0 Å². The van der Waals surface area contributed by atoms with Gasteiger partial charge in [-0.3, -0.25) is 14.9 Å². The van der Waals surface area contributed by atoms with Crippen molar-refractivity contribution in [2.75, 3.05) is 10.6 Å². The maximum Gasteiger partial charge on any atom is 0.280 e. The van der Waals surface area contributed by atoms with Gasteiger partial charge in [-0.15, -0.1) is 11.3 Å². The highest BCUT2D eigenvalue weighted by Gasteiger charge is 2.68. The van der Waals surface area contributed by atoms with Crippen molar-refractivity contribution in [3.8, 4) is 11.5 Å². The lowest BCUT2D eigenvalue weighted by molar-refractivity contribution is -0.172. The van der Waals surface area contributed by atoms with Crippen molar-refractivity contribution in [1.82, 2.24) is 9.97 Å². The van der Waals surface area contributed by atoms with E-state index in [-0.39, 0.29) is 5.82 Å². The van der Waals surface area contributed by atoms with Gasteiger partial charge in [0, 0.05) is 42.3 Å². The first-order valence-corrected chi connectivity index (χ1v) is 18.1. The van der Waals surface area contributed by atoms with E-state index in [1.165, 1.54) is 11.3 Å². The second-order valence-electron chi connectivity index (χ2n) is 10.8. The number of aromatic nitrogens is 2. The fourth-order valence-corrected chi connectivity index (χ4v) is 6.60. The molecule has 0 bridgehead atoms. The van der Waals surface area contributed by atoms with Crippen LogP contribution in [-0.2, 0) is 20.8 Å². The predicted molar refractivity (Wildman–Crippen MR) is 202 cm³/mol. The second kappa shape index (κ2) is 15.0. The Balaban J connectivity index is 1.74. The van der Waals surface area contributed by atoms with E-state index in [1.54, 1.807) is 121 Å². The number of pyridine rings is 1. The molecule has 246 valence electrons. The average Bonchev–Trinajstić information content (AvgIpc) is 3.62. The number of thiazole rings is 1. The van der Waals surface area contributed by atoms with Crippen molar-refractivity contribution in [2.24, 2.45) is 0 Å². The zero-order valence-electron chi connectivity index (χ0n) is 25.8. The van der Waals surface area contributed by atoms with Crippen molar-refractivity contribution in [3.05, 3.63) is 163 Å². The van der Waals surface area contributed by atoms with E-state index in [0.717, 1.165) is 19.0 Å². The lowest BCUT2D eigenvalue weighted by atomic mass is 9.71. The van der Waals surface area contributed by atoms with Crippen molar-refractivity contribution in [3.63, 3.8) is 0 Å². The van der Waals surface area contributed by atoms with Gasteiger partial charge in [0.15, 0.2) is 5.13 Å². The van der Waals surface area contributed by atoms with Crippen LogP contribution in [0.3, 0.4) is 0 Å². The Kier molecular flexibility index (Phi) is 10.6. The molecule has 0 fully saturated rings.